The molecule has 0 aromatic rings. The van der Waals surface area contributed by atoms with E-state index in [-0.39, 0.29) is 0 Å². The fourth-order valence-corrected chi connectivity index (χ4v) is 0.298. The molecular weight excluding hydrogens is 100 g/mol. The maximum atomic E-state index is 3.15. The monoisotopic (exact) mass is 115 g/mol. The van der Waals surface area contributed by atoms with Crippen LogP contribution in [0.1, 0.15) is 13.8 Å². The van der Waals surface area contributed by atoms with Crippen LogP contribution in [0.2, 0.25) is 0 Å². The first-order chi connectivity index (χ1) is 3.63. The summed E-state index contributed by atoms with van der Waals surface area (Å²) in [4.78, 5) is 0. The largest absolute Gasteiger partial charge is 0.279 e. The molecule has 0 aliphatic carbocycles. The molecule has 0 aromatic carbocycles. The molecule has 0 spiro atoms. The standard InChI is InChI=1S/C6H14N2/c1-6(2)7-5-8(3)4/h5-6H,1-4H3/p+1. The first-order valence-corrected chi connectivity index (χ1v) is 2.88. The van der Waals surface area contributed by atoms with E-state index in [9.17, 15) is 0 Å². The molecule has 2 heteroatoms. The molecule has 0 saturated heterocycles. The van der Waals surface area contributed by atoms with Crippen molar-refractivity contribution < 1.29 is 4.58 Å². The molecule has 2 nitrogen and oxygen atoms in total. The normalized spacial score (nSPS) is 9.12. The summed E-state index contributed by atoms with van der Waals surface area (Å²) in [7, 11) is 3.99. The molecule has 0 amide bonds. The highest BCUT2D eigenvalue weighted by atomic mass is 15.0. The van der Waals surface area contributed by atoms with Crippen LogP contribution in [0.5, 0.6) is 0 Å². The summed E-state index contributed by atoms with van der Waals surface area (Å²) < 4.78 is 1.99. The predicted molar refractivity (Wildman–Crippen MR) is 36.4 cm³/mol. The summed E-state index contributed by atoms with van der Waals surface area (Å²) >= 11 is 0. The molecule has 0 aliphatic rings. The Morgan fingerprint density at radius 3 is 2.00 bits per heavy atom. The Kier molecular flexibility index (Phi) is 3.24. The van der Waals surface area contributed by atoms with E-state index in [1.807, 2.05) is 25.0 Å². The molecule has 0 fully saturated rings. The van der Waals surface area contributed by atoms with E-state index >= 15 is 0 Å². The third-order valence-corrected chi connectivity index (χ3v) is 0.666. The Hall–Kier alpha value is -0.530. The smallest absolute Gasteiger partial charge is 0.231 e. The second kappa shape index (κ2) is 3.47. The average molecular weight is 115 g/mol. The van der Waals surface area contributed by atoms with Gasteiger partial charge in [0.05, 0.1) is 20.1 Å². The topological polar surface area (TPSA) is 15.0 Å². The molecule has 0 saturated carbocycles. The van der Waals surface area contributed by atoms with E-state index in [4.69, 9.17) is 0 Å². The molecule has 0 aromatic heterocycles. The van der Waals surface area contributed by atoms with Crippen molar-refractivity contribution in [1.29, 1.82) is 0 Å². The highest BCUT2D eigenvalue weighted by Crippen LogP contribution is 1.69. The van der Waals surface area contributed by atoms with Gasteiger partial charge in [0.15, 0.2) is 0 Å². The third-order valence-electron chi connectivity index (χ3n) is 0.666. The zero-order valence-corrected chi connectivity index (χ0v) is 6.10. The van der Waals surface area contributed by atoms with E-state index in [0.29, 0.717) is 6.04 Å². The van der Waals surface area contributed by atoms with Crippen LogP contribution in [0.3, 0.4) is 0 Å². The van der Waals surface area contributed by atoms with Gasteiger partial charge in [0.25, 0.3) is 0 Å². The quantitative estimate of drug-likeness (QED) is 0.310. The molecule has 0 rings (SSSR count). The summed E-state index contributed by atoms with van der Waals surface area (Å²) in [5.74, 6) is 0. The Bertz CT molecular complexity index is 80.5. The van der Waals surface area contributed by atoms with Crippen molar-refractivity contribution in [2.24, 2.45) is 0 Å². The summed E-state index contributed by atoms with van der Waals surface area (Å²) in [6.07, 6.45) is 1.95. The molecular formula is C6H15N2+. The van der Waals surface area contributed by atoms with Gasteiger partial charge in [0.2, 0.25) is 6.34 Å². The van der Waals surface area contributed by atoms with E-state index in [0.717, 1.165) is 0 Å². The lowest BCUT2D eigenvalue weighted by Crippen LogP contribution is -2.24. The molecule has 0 unspecified atom stereocenters. The number of rotatable bonds is 2. The summed E-state index contributed by atoms with van der Waals surface area (Å²) in [5.41, 5.74) is 0. The van der Waals surface area contributed by atoms with Gasteiger partial charge < -0.3 is 0 Å². The van der Waals surface area contributed by atoms with Gasteiger partial charge in [0, 0.05) is 0 Å². The SMILES string of the molecule is CC(C)NC=[N+](C)C. The number of nitrogens with zero attached hydrogens (tertiary/aromatic N) is 1. The first-order valence-electron chi connectivity index (χ1n) is 2.88. The van der Waals surface area contributed by atoms with E-state index < -0.39 is 0 Å². The maximum Gasteiger partial charge on any atom is 0.231 e. The van der Waals surface area contributed by atoms with Crippen LogP contribution >= 0.6 is 0 Å². The van der Waals surface area contributed by atoms with E-state index in [2.05, 4.69) is 19.2 Å². The highest BCUT2D eigenvalue weighted by Gasteiger charge is 1.89. The molecule has 0 bridgehead atoms. The Labute approximate surface area is 51.2 Å². The van der Waals surface area contributed by atoms with Crippen molar-refractivity contribution in [2.75, 3.05) is 14.1 Å². The minimum Gasteiger partial charge on any atom is -0.279 e. The van der Waals surface area contributed by atoms with Crippen molar-refractivity contribution in [3.63, 3.8) is 0 Å². The van der Waals surface area contributed by atoms with Gasteiger partial charge in [-0.15, -0.1) is 0 Å². The van der Waals surface area contributed by atoms with Crippen LogP contribution in [0.25, 0.3) is 0 Å². The van der Waals surface area contributed by atoms with Gasteiger partial charge >= 0.3 is 0 Å². The summed E-state index contributed by atoms with van der Waals surface area (Å²) in [5, 5.41) is 3.15. The van der Waals surface area contributed by atoms with Gasteiger partial charge in [-0.1, -0.05) is 0 Å². The van der Waals surface area contributed by atoms with Crippen LogP contribution in [-0.2, 0) is 0 Å². The average Bonchev–Trinajstić information content (AvgIpc) is 1.61. The van der Waals surface area contributed by atoms with E-state index in [1.54, 1.807) is 0 Å². The van der Waals surface area contributed by atoms with Crippen LogP contribution in [0, 0.1) is 0 Å². The van der Waals surface area contributed by atoms with Gasteiger partial charge in [-0.3, -0.25) is 9.89 Å². The number of nitrogens with one attached hydrogen (secondary N) is 1. The lowest BCUT2D eigenvalue weighted by molar-refractivity contribution is -0.461. The Morgan fingerprint density at radius 2 is 1.88 bits per heavy atom. The third kappa shape index (κ3) is 5.47. The van der Waals surface area contributed by atoms with Gasteiger partial charge in [0.1, 0.15) is 0 Å². The fraction of sp³-hybridized carbons (Fsp3) is 0.833. The minimum absolute atomic E-state index is 0.539. The van der Waals surface area contributed by atoms with Crippen molar-refractivity contribution >= 4 is 6.34 Å². The van der Waals surface area contributed by atoms with Crippen molar-refractivity contribution in [3.05, 3.63) is 0 Å². The summed E-state index contributed by atoms with van der Waals surface area (Å²) in [6, 6.07) is 0.539. The lowest BCUT2D eigenvalue weighted by atomic mass is 10.4. The van der Waals surface area contributed by atoms with Gasteiger partial charge in [-0.05, 0) is 13.8 Å². The molecule has 0 aliphatic heterocycles. The molecule has 48 valence electrons. The Balaban J connectivity index is 3.29. The van der Waals surface area contributed by atoms with Crippen molar-refractivity contribution in [1.82, 2.24) is 5.32 Å². The summed E-state index contributed by atoms with van der Waals surface area (Å²) in [6.45, 7) is 4.22. The predicted octanol–water partition coefficient (Wildman–Crippen LogP) is 0.285. The second-order valence-corrected chi connectivity index (χ2v) is 2.41. The molecule has 0 radical (unpaired) electrons. The van der Waals surface area contributed by atoms with Crippen molar-refractivity contribution in [2.45, 2.75) is 19.9 Å². The highest BCUT2D eigenvalue weighted by molar-refractivity contribution is 5.47. The lowest BCUT2D eigenvalue weighted by Gasteiger charge is -1.95. The number of hydrogen-bond donors (Lipinski definition) is 1. The van der Waals surface area contributed by atoms with Crippen molar-refractivity contribution in [3.8, 4) is 0 Å². The zero-order chi connectivity index (χ0) is 6.57. The minimum atomic E-state index is 0.539. The van der Waals surface area contributed by atoms with E-state index in [1.165, 1.54) is 0 Å². The molecule has 0 atom stereocenters. The van der Waals surface area contributed by atoms with Crippen LogP contribution in [0.4, 0.5) is 0 Å². The second-order valence-electron chi connectivity index (χ2n) is 2.41. The van der Waals surface area contributed by atoms with Crippen LogP contribution < -0.4 is 5.32 Å². The van der Waals surface area contributed by atoms with Crippen LogP contribution in [-0.4, -0.2) is 31.1 Å². The molecule has 1 N–H and O–H groups in total. The number of hydrogen-bond acceptors (Lipinski definition) is 0. The van der Waals surface area contributed by atoms with Crippen LogP contribution in [0.15, 0.2) is 0 Å². The molecule has 8 heavy (non-hydrogen) atoms. The Morgan fingerprint density at radius 1 is 1.38 bits per heavy atom. The fourth-order valence-electron chi connectivity index (χ4n) is 0.298. The van der Waals surface area contributed by atoms with Gasteiger partial charge in [-0.2, -0.15) is 0 Å². The molecule has 0 heterocycles. The zero-order valence-electron chi connectivity index (χ0n) is 6.10. The van der Waals surface area contributed by atoms with Gasteiger partial charge in [-0.25, -0.2) is 0 Å². The first kappa shape index (κ1) is 7.47. The maximum absolute atomic E-state index is 3.15.